The third-order valence-corrected chi connectivity index (χ3v) is 3.75. The van der Waals surface area contributed by atoms with Gasteiger partial charge in [0, 0.05) is 18.5 Å². The lowest BCUT2D eigenvalue weighted by atomic mass is 10.2. The highest BCUT2D eigenvalue weighted by Gasteiger charge is 2.06. The first kappa shape index (κ1) is 16.5. The molecule has 0 aliphatic rings. The average molecular weight is 335 g/mol. The maximum atomic E-state index is 12.5. The van der Waals surface area contributed by atoms with Gasteiger partial charge in [0.05, 0.1) is 12.2 Å². The fourth-order valence-corrected chi connectivity index (χ4v) is 2.47. The molecule has 0 atom stereocenters. The lowest BCUT2D eigenvalue weighted by Crippen LogP contribution is -2.23. The highest BCUT2D eigenvalue weighted by molar-refractivity contribution is 5.90. The van der Waals surface area contributed by atoms with Gasteiger partial charge in [-0.1, -0.05) is 42.5 Å². The number of hydroxylamine groups is 1. The van der Waals surface area contributed by atoms with Gasteiger partial charge in [-0.2, -0.15) is 0 Å². The molecule has 2 N–H and O–H groups in total. The van der Waals surface area contributed by atoms with Gasteiger partial charge in [-0.15, -0.1) is 0 Å². The van der Waals surface area contributed by atoms with Gasteiger partial charge in [-0.25, -0.2) is 10.3 Å². The van der Waals surface area contributed by atoms with Crippen molar-refractivity contribution in [3.05, 3.63) is 94.7 Å². The van der Waals surface area contributed by atoms with E-state index in [-0.39, 0.29) is 5.69 Å². The van der Waals surface area contributed by atoms with Crippen LogP contribution in [0.5, 0.6) is 0 Å². The molecule has 126 valence electrons. The van der Waals surface area contributed by atoms with Crippen LogP contribution in [-0.2, 0) is 11.3 Å². The second-order valence-corrected chi connectivity index (χ2v) is 5.47. The first-order chi connectivity index (χ1) is 12.2. The number of nitrogens with one attached hydrogen (secondary N) is 1. The minimum Gasteiger partial charge on any atom is -0.294 e. The van der Waals surface area contributed by atoms with Crippen LogP contribution in [0.3, 0.4) is 0 Å². The van der Waals surface area contributed by atoms with Gasteiger partial charge >= 0.3 is 5.69 Å². The fraction of sp³-hybridized carbons (Fsp3) is 0.0526. The highest BCUT2D eigenvalue weighted by atomic mass is 16.5. The van der Waals surface area contributed by atoms with Gasteiger partial charge in [-0.3, -0.25) is 19.1 Å². The molecule has 0 spiro atoms. The number of imidazole rings is 1. The Labute approximate surface area is 144 Å². The van der Waals surface area contributed by atoms with Crippen LogP contribution in [0.15, 0.2) is 77.9 Å². The molecular formula is C19H17N3O3. The Kier molecular flexibility index (Phi) is 4.92. The molecule has 1 aromatic heterocycles. The Bertz CT molecular complexity index is 938. The van der Waals surface area contributed by atoms with E-state index in [1.165, 1.54) is 11.6 Å². The summed E-state index contributed by atoms with van der Waals surface area (Å²) < 4.78 is 3.21. The molecule has 3 rings (SSSR count). The van der Waals surface area contributed by atoms with Crippen LogP contribution in [0.4, 0.5) is 0 Å². The molecule has 1 amide bonds. The highest BCUT2D eigenvalue weighted by Crippen LogP contribution is 2.10. The van der Waals surface area contributed by atoms with E-state index in [1.807, 2.05) is 30.3 Å². The van der Waals surface area contributed by atoms with Crippen LogP contribution in [0.25, 0.3) is 11.8 Å². The zero-order chi connectivity index (χ0) is 17.6. The summed E-state index contributed by atoms with van der Waals surface area (Å²) in [5, 5.41) is 8.45. The van der Waals surface area contributed by atoms with Crippen molar-refractivity contribution in [1.82, 2.24) is 14.6 Å². The minimum atomic E-state index is -0.599. The molecule has 6 heteroatoms. The summed E-state index contributed by atoms with van der Waals surface area (Å²) in [4.78, 5) is 23.5. The van der Waals surface area contributed by atoms with Crippen molar-refractivity contribution in [2.75, 3.05) is 0 Å². The van der Waals surface area contributed by atoms with Gasteiger partial charge < -0.3 is 0 Å². The summed E-state index contributed by atoms with van der Waals surface area (Å²) >= 11 is 0. The Balaban J connectivity index is 1.80. The first-order valence-corrected chi connectivity index (χ1v) is 7.71. The van der Waals surface area contributed by atoms with Gasteiger partial charge in [0.25, 0.3) is 5.91 Å². The van der Waals surface area contributed by atoms with E-state index in [0.29, 0.717) is 6.54 Å². The molecule has 0 saturated heterocycles. The summed E-state index contributed by atoms with van der Waals surface area (Å²) in [6.45, 7) is 0.518. The van der Waals surface area contributed by atoms with E-state index in [2.05, 4.69) is 0 Å². The smallest absolute Gasteiger partial charge is 0.294 e. The Morgan fingerprint density at radius 3 is 2.44 bits per heavy atom. The third-order valence-electron chi connectivity index (χ3n) is 3.75. The number of rotatable bonds is 5. The van der Waals surface area contributed by atoms with Gasteiger partial charge in [0.15, 0.2) is 0 Å². The minimum absolute atomic E-state index is 0.119. The van der Waals surface area contributed by atoms with E-state index >= 15 is 0 Å². The molecule has 0 bridgehead atoms. The summed E-state index contributed by atoms with van der Waals surface area (Å²) in [6.07, 6.45) is 6.28. The van der Waals surface area contributed by atoms with Gasteiger partial charge in [-0.05, 0) is 29.3 Å². The van der Waals surface area contributed by atoms with E-state index in [4.69, 9.17) is 5.21 Å². The summed E-state index contributed by atoms with van der Waals surface area (Å²) in [5.41, 5.74) is 3.99. The number of hydrogen-bond acceptors (Lipinski definition) is 3. The van der Waals surface area contributed by atoms with Crippen LogP contribution in [0, 0.1) is 0 Å². The summed E-state index contributed by atoms with van der Waals surface area (Å²) in [7, 11) is 0. The average Bonchev–Trinajstić information content (AvgIpc) is 3.01. The van der Waals surface area contributed by atoms with Crippen molar-refractivity contribution >= 4 is 12.0 Å². The molecule has 6 nitrogen and oxygen atoms in total. The molecule has 0 aliphatic carbocycles. The Morgan fingerprint density at radius 2 is 1.76 bits per heavy atom. The van der Waals surface area contributed by atoms with Crippen LogP contribution in [0.1, 0.15) is 11.1 Å². The van der Waals surface area contributed by atoms with E-state index in [9.17, 15) is 9.59 Å². The number of aromatic nitrogens is 2. The van der Waals surface area contributed by atoms with Crippen molar-refractivity contribution in [3.63, 3.8) is 0 Å². The van der Waals surface area contributed by atoms with Crippen LogP contribution in [0.2, 0.25) is 0 Å². The van der Waals surface area contributed by atoms with Crippen LogP contribution >= 0.6 is 0 Å². The van der Waals surface area contributed by atoms with Crippen LogP contribution < -0.4 is 11.2 Å². The summed E-state index contributed by atoms with van der Waals surface area (Å²) in [5.74, 6) is -0.599. The lowest BCUT2D eigenvalue weighted by molar-refractivity contribution is -0.124. The topological polar surface area (TPSA) is 76.3 Å². The fourth-order valence-electron chi connectivity index (χ4n) is 2.47. The van der Waals surface area contributed by atoms with E-state index < -0.39 is 5.91 Å². The zero-order valence-corrected chi connectivity index (χ0v) is 13.4. The third kappa shape index (κ3) is 3.94. The number of nitrogens with zero attached hydrogens (tertiary/aromatic N) is 2. The molecule has 25 heavy (non-hydrogen) atoms. The number of carbonyl (C=O) groups excluding carboxylic acids is 1. The van der Waals surface area contributed by atoms with Gasteiger partial charge in [0.1, 0.15) is 0 Å². The predicted octanol–water partition coefficient (Wildman–Crippen LogP) is 2.21. The maximum Gasteiger partial charge on any atom is 0.333 e. The van der Waals surface area contributed by atoms with E-state index in [0.717, 1.165) is 16.8 Å². The number of benzene rings is 2. The molecule has 0 radical (unpaired) electrons. The molecule has 1 heterocycles. The SMILES string of the molecule is O=C(/C=C/c1ccc(-n2ccn(Cc3ccccc3)c2=O)cc1)NO. The van der Waals surface area contributed by atoms with Crippen molar-refractivity contribution in [2.45, 2.75) is 6.54 Å². The number of amides is 1. The zero-order valence-electron chi connectivity index (χ0n) is 13.4. The molecule has 2 aromatic carbocycles. The summed E-state index contributed by atoms with van der Waals surface area (Å²) in [6, 6.07) is 17.0. The normalized spacial score (nSPS) is 10.9. The molecule has 3 aromatic rings. The van der Waals surface area contributed by atoms with Crippen molar-refractivity contribution in [1.29, 1.82) is 0 Å². The monoisotopic (exact) mass is 335 g/mol. The molecule has 0 unspecified atom stereocenters. The predicted molar refractivity (Wildman–Crippen MR) is 94.5 cm³/mol. The maximum absolute atomic E-state index is 12.5. The molecule has 0 aliphatic heterocycles. The number of carbonyl (C=O) groups is 1. The molecule has 0 saturated carbocycles. The molecular weight excluding hydrogens is 318 g/mol. The van der Waals surface area contributed by atoms with Gasteiger partial charge in [0.2, 0.25) is 0 Å². The van der Waals surface area contributed by atoms with Crippen molar-refractivity contribution in [2.24, 2.45) is 0 Å². The Hall–Kier alpha value is -3.38. The van der Waals surface area contributed by atoms with Crippen LogP contribution in [-0.4, -0.2) is 20.2 Å². The van der Waals surface area contributed by atoms with Crippen molar-refractivity contribution in [3.8, 4) is 5.69 Å². The largest absolute Gasteiger partial charge is 0.333 e. The van der Waals surface area contributed by atoms with Crippen molar-refractivity contribution < 1.29 is 10.0 Å². The quantitative estimate of drug-likeness (QED) is 0.426. The second-order valence-electron chi connectivity index (χ2n) is 5.47. The standard InChI is InChI=1S/C19H17N3O3/c23-18(20-25)11-8-15-6-9-17(10-7-15)22-13-12-21(19(22)24)14-16-4-2-1-3-5-16/h1-13,25H,14H2,(H,20,23)/b11-8+. The Morgan fingerprint density at radius 1 is 1.04 bits per heavy atom. The lowest BCUT2D eigenvalue weighted by Gasteiger charge is -2.03. The molecule has 0 fully saturated rings. The second kappa shape index (κ2) is 7.46. The van der Waals surface area contributed by atoms with E-state index in [1.54, 1.807) is 51.9 Å². The number of hydrogen-bond donors (Lipinski definition) is 2. The first-order valence-electron chi connectivity index (χ1n) is 7.71.